The van der Waals surface area contributed by atoms with Crippen molar-refractivity contribution in [3.05, 3.63) is 28.1 Å². The summed E-state index contributed by atoms with van der Waals surface area (Å²) in [5, 5.41) is 21.3. The summed E-state index contributed by atoms with van der Waals surface area (Å²) in [7, 11) is 0. The van der Waals surface area contributed by atoms with E-state index in [1.807, 2.05) is 17.5 Å². The fraction of sp³-hybridized carbons (Fsp3) is 0. The Labute approximate surface area is 83.6 Å². The molecule has 0 amide bonds. The Balaban J connectivity index is 2.95. The lowest BCUT2D eigenvalue weighted by Gasteiger charge is -1.99. The molecule has 0 unspecified atom stereocenters. The molecule has 13 heavy (non-hydrogen) atoms. The van der Waals surface area contributed by atoms with Gasteiger partial charge in [0.2, 0.25) is 0 Å². The van der Waals surface area contributed by atoms with Gasteiger partial charge in [-0.15, -0.1) is 11.3 Å². The van der Waals surface area contributed by atoms with Crippen molar-refractivity contribution < 1.29 is 5.11 Å². The smallest absolute Gasteiger partial charge is 0.152 e. The predicted octanol–water partition coefficient (Wildman–Crippen LogP) is 3.13. The molecule has 0 aliphatic rings. The van der Waals surface area contributed by atoms with Crippen molar-refractivity contribution in [2.45, 2.75) is 0 Å². The molecule has 0 aliphatic heterocycles. The van der Waals surface area contributed by atoms with Crippen LogP contribution in [-0.4, -0.2) is 5.11 Å². The second kappa shape index (κ2) is 2.91. The van der Waals surface area contributed by atoms with E-state index in [2.05, 4.69) is 0 Å². The van der Waals surface area contributed by atoms with Crippen LogP contribution in [0, 0.1) is 11.3 Å². The summed E-state index contributed by atoms with van der Waals surface area (Å²) in [6, 6.07) is 5.41. The van der Waals surface area contributed by atoms with Crippen molar-refractivity contribution >= 4 is 33.0 Å². The van der Waals surface area contributed by atoms with Gasteiger partial charge in [0, 0.05) is 0 Å². The summed E-state index contributed by atoms with van der Waals surface area (Å²) in [6.07, 6.45) is 0. The van der Waals surface area contributed by atoms with E-state index in [9.17, 15) is 5.11 Å². The molecule has 64 valence electrons. The van der Waals surface area contributed by atoms with Crippen LogP contribution in [0.4, 0.5) is 0 Å². The molecular formula is C9H4ClNOS. The van der Waals surface area contributed by atoms with Gasteiger partial charge < -0.3 is 5.11 Å². The molecule has 0 radical (unpaired) electrons. The van der Waals surface area contributed by atoms with Crippen LogP contribution < -0.4 is 0 Å². The van der Waals surface area contributed by atoms with Gasteiger partial charge in [-0.1, -0.05) is 11.6 Å². The highest BCUT2D eigenvalue weighted by molar-refractivity contribution is 7.17. The third-order valence-electron chi connectivity index (χ3n) is 1.78. The van der Waals surface area contributed by atoms with Crippen molar-refractivity contribution in [1.82, 2.24) is 0 Å². The molecule has 0 aliphatic carbocycles. The van der Waals surface area contributed by atoms with Crippen LogP contribution in [0.25, 0.3) is 10.1 Å². The van der Waals surface area contributed by atoms with Crippen molar-refractivity contribution in [2.24, 2.45) is 0 Å². The fourth-order valence-corrected chi connectivity index (χ4v) is 2.24. The number of phenols is 1. The largest absolute Gasteiger partial charge is 0.505 e. The van der Waals surface area contributed by atoms with E-state index in [4.69, 9.17) is 16.9 Å². The second-order valence-electron chi connectivity index (χ2n) is 2.53. The number of halogens is 1. The number of benzene rings is 1. The molecule has 1 aromatic heterocycles. The first-order chi connectivity index (χ1) is 6.24. The lowest BCUT2D eigenvalue weighted by Crippen LogP contribution is -1.78. The minimum atomic E-state index is -0.0139. The molecular weight excluding hydrogens is 206 g/mol. The molecule has 2 nitrogen and oxygen atoms in total. The van der Waals surface area contributed by atoms with Gasteiger partial charge >= 0.3 is 0 Å². The van der Waals surface area contributed by atoms with E-state index in [1.165, 1.54) is 11.3 Å². The van der Waals surface area contributed by atoms with E-state index in [1.54, 1.807) is 6.07 Å². The predicted molar refractivity (Wildman–Crippen MR) is 53.2 cm³/mol. The van der Waals surface area contributed by atoms with Crippen LogP contribution in [0.15, 0.2) is 17.5 Å². The Morgan fingerprint density at radius 1 is 1.54 bits per heavy atom. The van der Waals surface area contributed by atoms with Crippen LogP contribution in [0.2, 0.25) is 5.02 Å². The summed E-state index contributed by atoms with van der Waals surface area (Å²) in [6.45, 7) is 0. The normalized spacial score (nSPS) is 10.2. The van der Waals surface area contributed by atoms with Gasteiger partial charge in [0.05, 0.1) is 9.72 Å². The zero-order valence-corrected chi connectivity index (χ0v) is 7.99. The molecule has 0 bridgehead atoms. The average molecular weight is 210 g/mol. The van der Waals surface area contributed by atoms with Crippen molar-refractivity contribution in [1.29, 1.82) is 5.26 Å². The van der Waals surface area contributed by atoms with Crippen LogP contribution >= 0.6 is 22.9 Å². The summed E-state index contributed by atoms with van der Waals surface area (Å²) in [5.41, 5.74) is 0.150. The number of phenolic OH excluding ortho intramolecular Hbond substituents is 1. The lowest BCUT2D eigenvalue weighted by atomic mass is 10.1. The number of hydrogen-bond donors (Lipinski definition) is 1. The molecule has 4 heteroatoms. The summed E-state index contributed by atoms with van der Waals surface area (Å²) in [5.74, 6) is -0.0139. The summed E-state index contributed by atoms with van der Waals surface area (Å²) in [4.78, 5) is 0. The lowest BCUT2D eigenvalue weighted by molar-refractivity contribution is 0.481. The van der Waals surface area contributed by atoms with E-state index < -0.39 is 0 Å². The Morgan fingerprint density at radius 3 is 3.00 bits per heavy atom. The number of nitrogens with zero attached hydrogens (tertiary/aromatic N) is 1. The Bertz CT molecular complexity index is 512. The minimum Gasteiger partial charge on any atom is -0.505 e. The highest BCUT2D eigenvalue weighted by Crippen LogP contribution is 2.36. The van der Waals surface area contributed by atoms with Gasteiger partial charge in [-0.25, -0.2) is 0 Å². The second-order valence-corrected chi connectivity index (χ2v) is 3.86. The first-order valence-corrected chi connectivity index (χ1v) is 4.78. The number of nitriles is 1. The topological polar surface area (TPSA) is 44.0 Å². The van der Waals surface area contributed by atoms with Crippen LogP contribution in [-0.2, 0) is 0 Å². The van der Waals surface area contributed by atoms with Gasteiger partial charge in [-0.05, 0) is 22.9 Å². The van der Waals surface area contributed by atoms with Gasteiger partial charge in [0.25, 0.3) is 0 Å². The summed E-state index contributed by atoms with van der Waals surface area (Å²) >= 11 is 7.18. The third-order valence-corrected chi connectivity index (χ3v) is 3.02. The van der Waals surface area contributed by atoms with Crippen LogP contribution in [0.1, 0.15) is 5.56 Å². The first-order valence-electron chi connectivity index (χ1n) is 3.53. The van der Waals surface area contributed by atoms with E-state index in [0.29, 0.717) is 9.72 Å². The maximum atomic E-state index is 9.62. The molecule has 2 aromatic rings. The maximum Gasteiger partial charge on any atom is 0.152 e. The van der Waals surface area contributed by atoms with Crippen LogP contribution in [0.5, 0.6) is 5.75 Å². The summed E-state index contributed by atoms with van der Waals surface area (Å²) < 4.78 is 0.709. The molecule has 0 fully saturated rings. The number of rotatable bonds is 0. The van der Waals surface area contributed by atoms with Gasteiger partial charge in [-0.2, -0.15) is 5.26 Å². The van der Waals surface area contributed by atoms with Gasteiger partial charge in [0.1, 0.15) is 11.6 Å². The maximum absolute atomic E-state index is 9.62. The average Bonchev–Trinajstić information content (AvgIpc) is 2.53. The molecule has 1 N–H and O–H groups in total. The minimum absolute atomic E-state index is 0.0139. The standard InChI is InChI=1S/C9H4ClNOS/c10-7-3-5-1-2-13-9(5)8(12)6(7)4-11/h1-3,12H. The molecule has 1 aromatic carbocycles. The molecule has 0 atom stereocenters. The highest BCUT2D eigenvalue weighted by Gasteiger charge is 2.11. The zero-order valence-electron chi connectivity index (χ0n) is 6.41. The Hall–Kier alpha value is -1.24. The van der Waals surface area contributed by atoms with Crippen molar-refractivity contribution in [2.75, 3.05) is 0 Å². The zero-order chi connectivity index (χ0) is 9.42. The van der Waals surface area contributed by atoms with Gasteiger partial charge in [-0.3, -0.25) is 0 Å². The number of thiophene rings is 1. The van der Waals surface area contributed by atoms with Crippen molar-refractivity contribution in [3.63, 3.8) is 0 Å². The highest BCUT2D eigenvalue weighted by atomic mass is 35.5. The fourth-order valence-electron chi connectivity index (χ4n) is 1.17. The SMILES string of the molecule is N#Cc1c(Cl)cc2ccsc2c1O. The third kappa shape index (κ3) is 1.15. The monoisotopic (exact) mass is 209 g/mol. The Kier molecular flexibility index (Phi) is 1.87. The Morgan fingerprint density at radius 2 is 2.31 bits per heavy atom. The van der Waals surface area contributed by atoms with Gasteiger partial charge in [0.15, 0.2) is 5.75 Å². The molecule has 0 saturated carbocycles. The molecule has 1 heterocycles. The molecule has 2 rings (SSSR count). The molecule has 0 spiro atoms. The number of aromatic hydroxyl groups is 1. The van der Waals surface area contributed by atoms with E-state index >= 15 is 0 Å². The first kappa shape index (κ1) is 8.36. The number of hydrogen-bond acceptors (Lipinski definition) is 3. The quantitative estimate of drug-likeness (QED) is 0.725. The van der Waals surface area contributed by atoms with E-state index in [-0.39, 0.29) is 11.3 Å². The van der Waals surface area contributed by atoms with E-state index in [0.717, 1.165) is 5.39 Å². The van der Waals surface area contributed by atoms with Crippen LogP contribution in [0.3, 0.4) is 0 Å². The molecule has 0 saturated heterocycles. The van der Waals surface area contributed by atoms with Crippen molar-refractivity contribution in [3.8, 4) is 11.8 Å². The number of fused-ring (bicyclic) bond motifs is 1.